The average molecular weight is 387 g/mol. The number of benzene rings is 1. The Labute approximate surface area is 152 Å². The third-order valence-electron chi connectivity index (χ3n) is 3.84. The SMILES string of the molecule is Cn1c(=O)oc2cc(S(=O)(=O)NCc3nnc(-c4ccccn4)o3)ccc21. The zero-order chi connectivity index (χ0) is 19.0. The van der Waals surface area contributed by atoms with Crippen molar-refractivity contribution in [3.63, 3.8) is 0 Å². The number of rotatable bonds is 5. The van der Waals surface area contributed by atoms with Crippen LogP contribution in [0.4, 0.5) is 0 Å². The summed E-state index contributed by atoms with van der Waals surface area (Å²) in [7, 11) is -2.34. The van der Waals surface area contributed by atoms with Crippen LogP contribution in [0.25, 0.3) is 22.7 Å². The van der Waals surface area contributed by atoms with Crippen molar-refractivity contribution in [3.05, 3.63) is 59.0 Å². The Kier molecular flexibility index (Phi) is 4.09. The average Bonchev–Trinajstić information content (AvgIpc) is 3.26. The summed E-state index contributed by atoms with van der Waals surface area (Å²) in [5.74, 6) is -0.288. The van der Waals surface area contributed by atoms with Crippen molar-refractivity contribution in [3.8, 4) is 11.6 Å². The summed E-state index contributed by atoms with van der Waals surface area (Å²) < 4.78 is 39.0. The summed E-state index contributed by atoms with van der Waals surface area (Å²) in [5.41, 5.74) is 1.17. The fourth-order valence-corrected chi connectivity index (χ4v) is 3.43. The molecule has 3 heterocycles. The van der Waals surface area contributed by atoms with Gasteiger partial charge in [-0.3, -0.25) is 9.55 Å². The van der Waals surface area contributed by atoms with Gasteiger partial charge in [-0.05, 0) is 24.3 Å². The zero-order valence-electron chi connectivity index (χ0n) is 14.0. The topological polar surface area (TPSA) is 133 Å². The quantitative estimate of drug-likeness (QED) is 0.537. The molecule has 11 heteroatoms. The summed E-state index contributed by atoms with van der Waals surface area (Å²) in [6.45, 7) is -0.195. The minimum atomic E-state index is -3.87. The van der Waals surface area contributed by atoms with Crippen LogP contribution in [0.5, 0.6) is 0 Å². The van der Waals surface area contributed by atoms with Crippen LogP contribution in [0.3, 0.4) is 0 Å². The van der Waals surface area contributed by atoms with Crippen LogP contribution in [-0.2, 0) is 23.6 Å². The van der Waals surface area contributed by atoms with Gasteiger partial charge in [0.25, 0.3) is 5.89 Å². The van der Waals surface area contributed by atoms with Crippen LogP contribution >= 0.6 is 0 Å². The lowest BCUT2D eigenvalue weighted by atomic mass is 10.3. The van der Waals surface area contributed by atoms with E-state index in [2.05, 4.69) is 19.9 Å². The second-order valence-electron chi connectivity index (χ2n) is 5.60. The maximum atomic E-state index is 12.5. The molecule has 1 N–H and O–H groups in total. The molecule has 0 radical (unpaired) electrons. The molecular formula is C16H13N5O5S. The predicted molar refractivity (Wildman–Crippen MR) is 93.0 cm³/mol. The molecular weight excluding hydrogens is 374 g/mol. The van der Waals surface area contributed by atoms with Crippen molar-refractivity contribution >= 4 is 21.1 Å². The maximum absolute atomic E-state index is 12.5. The number of aryl methyl sites for hydroxylation is 1. The molecule has 0 unspecified atom stereocenters. The molecule has 4 aromatic rings. The maximum Gasteiger partial charge on any atom is 0.419 e. The Morgan fingerprint density at radius 3 is 2.78 bits per heavy atom. The second kappa shape index (κ2) is 6.45. The highest BCUT2D eigenvalue weighted by molar-refractivity contribution is 7.89. The number of hydrogen-bond acceptors (Lipinski definition) is 8. The molecule has 0 amide bonds. The smallest absolute Gasteiger partial charge is 0.418 e. The number of fused-ring (bicyclic) bond motifs is 1. The van der Waals surface area contributed by atoms with Gasteiger partial charge in [0.1, 0.15) is 5.69 Å². The first kappa shape index (κ1) is 17.1. The van der Waals surface area contributed by atoms with Gasteiger partial charge < -0.3 is 8.83 Å². The van der Waals surface area contributed by atoms with Crippen LogP contribution in [0.2, 0.25) is 0 Å². The minimum Gasteiger partial charge on any atom is -0.418 e. The van der Waals surface area contributed by atoms with Crippen molar-refractivity contribution in [2.45, 2.75) is 11.4 Å². The summed E-state index contributed by atoms with van der Waals surface area (Å²) in [6, 6.07) is 9.39. The summed E-state index contributed by atoms with van der Waals surface area (Å²) >= 11 is 0. The van der Waals surface area contributed by atoms with Gasteiger partial charge in [0.15, 0.2) is 5.58 Å². The van der Waals surface area contributed by atoms with Gasteiger partial charge in [0.05, 0.1) is 17.0 Å². The third kappa shape index (κ3) is 3.25. The number of nitrogens with one attached hydrogen (secondary N) is 1. The normalized spacial score (nSPS) is 11.9. The number of hydrogen-bond donors (Lipinski definition) is 1. The fraction of sp³-hybridized carbons (Fsp3) is 0.125. The molecule has 138 valence electrons. The van der Waals surface area contributed by atoms with Gasteiger partial charge in [0, 0.05) is 19.3 Å². The van der Waals surface area contributed by atoms with Crippen molar-refractivity contribution in [1.29, 1.82) is 0 Å². The summed E-state index contributed by atoms with van der Waals surface area (Å²) in [4.78, 5) is 15.6. The van der Waals surface area contributed by atoms with E-state index in [1.807, 2.05) is 0 Å². The molecule has 1 aromatic carbocycles. The lowest BCUT2D eigenvalue weighted by molar-refractivity contribution is 0.493. The molecule has 3 aromatic heterocycles. The van der Waals surface area contributed by atoms with E-state index in [0.717, 1.165) is 0 Å². The summed E-state index contributed by atoms with van der Waals surface area (Å²) in [6.07, 6.45) is 1.58. The van der Waals surface area contributed by atoms with Crippen molar-refractivity contribution in [1.82, 2.24) is 24.5 Å². The van der Waals surface area contributed by atoms with E-state index >= 15 is 0 Å². The highest BCUT2D eigenvalue weighted by Crippen LogP contribution is 2.19. The largest absolute Gasteiger partial charge is 0.419 e. The van der Waals surface area contributed by atoms with Crippen LogP contribution in [0.1, 0.15) is 5.89 Å². The van der Waals surface area contributed by atoms with Crippen molar-refractivity contribution in [2.24, 2.45) is 7.05 Å². The molecule has 0 saturated carbocycles. The van der Waals surface area contributed by atoms with Crippen LogP contribution in [0.15, 0.2) is 61.1 Å². The van der Waals surface area contributed by atoms with E-state index < -0.39 is 15.8 Å². The standard InChI is InChI=1S/C16H13N5O5S/c1-21-12-6-5-10(8-13(12)25-16(21)22)27(23,24)18-9-14-19-20-15(26-14)11-4-2-3-7-17-11/h2-8,18H,9H2,1H3. The first-order valence-electron chi connectivity index (χ1n) is 7.77. The Morgan fingerprint density at radius 1 is 1.15 bits per heavy atom. The summed E-state index contributed by atoms with van der Waals surface area (Å²) in [5, 5.41) is 7.65. The van der Waals surface area contributed by atoms with Crippen molar-refractivity contribution in [2.75, 3.05) is 0 Å². The molecule has 0 spiro atoms. The van der Waals surface area contributed by atoms with Crippen LogP contribution < -0.4 is 10.5 Å². The molecule has 0 bridgehead atoms. The highest BCUT2D eigenvalue weighted by atomic mass is 32.2. The first-order valence-corrected chi connectivity index (χ1v) is 9.25. The van der Waals surface area contributed by atoms with E-state index in [4.69, 9.17) is 8.83 Å². The molecule has 10 nitrogen and oxygen atoms in total. The molecule has 4 rings (SSSR count). The Morgan fingerprint density at radius 2 is 2.00 bits per heavy atom. The molecule has 0 saturated heterocycles. The van der Waals surface area contributed by atoms with E-state index in [1.165, 1.54) is 29.8 Å². The Balaban J connectivity index is 1.54. The third-order valence-corrected chi connectivity index (χ3v) is 5.24. The van der Waals surface area contributed by atoms with Gasteiger partial charge in [-0.25, -0.2) is 17.9 Å². The lowest BCUT2D eigenvalue weighted by Crippen LogP contribution is -2.23. The Bertz CT molecular complexity index is 1270. The zero-order valence-corrected chi connectivity index (χ0v) is 14.8. The van der Waals surface area contributed by atoms with Crippen LogP contribution in [-0.4, -0.2) is 28.2 Å². The van der Waals surface area contributed by atoms with Crippen LogP contribution in [0, 0.1) is 0 Å². The molecule has 0 aliphatic carbocycles. The predicted octanol–water partition coefficient (Wildman–Crippen LogP) is 1.05. The first-order chi connectivity index (χ1) is 12.9. The second-order valence-corrected chi connectivity index (χ2v) is 7.36. The minimum absolute atomic E-state index is 0.0474. The molecule has 27 heavy (non-hydrogen) atoms. The molecule has 0 atom stereocenters. The number of nitrogens with zero attached hydrogens (tertiary/aromatic N) is 4. The lowest BCUT2D eigenvalue weighted by Gasteiger charge is -2.04. The number of oxazole rings is 1. The number of sulfonamides is 1. The van der Waals surface area contributed by atoms with Gasteiger partial charge in [0.2, 0.25) is 15.9 Å². The van der Waals surface area contributed by atoms with E-state index in [1.54, 1.807) is 24.4 Å². The molecule has 0 aliphatic heterocycles. The van der Waals surface area contributed by atoms with Gasteiger partial charge in [-0.2, -0.15) is 0 Å². The van der Waals surface area contributed by atoms with Gasteiger partial charge in [-0.15, -0.1) is 10.2 Å². The highest BCUT2D eigenvalue weighted by Gasteiger charge is 2.18. The van der Waals surface area contributed by atoms with E-state index in [9.17, 15) is 13.2 Å². The van der Waals surface area contributed by atoms with Crippen molar-refractivity contribution < 1.29 is 17.3 Å². The van der Waals surface area contributed by atoms with Gasteiger partial charge in [-0.1, -0.05) is 6.07 Å². The van der Waals surface area contributed by atoms with Gasteiger partial charge >= 0.3 is 5.76 Å². The number of aromatic nitrogens is 4. The molecule has 0 fully saturated rings. The van der Waals surface area contributed by atoms with E-state index in [0.29, 0.717) is 11.2 Å². The number of pyridine rings is 1. The fourth-order valence-electron chi connectivity index (χ4n) is 2.44. The Hall–Kier alpha value is -3.31. The van der Waals surface area contributed by atoms with E-state index in [-0.39, 0.29) is 28.8 Å². The molecule has 0 aliphatic rings. The monoisotopic (exact) mass is 387 g/mol.